The third kappa shape index (κ3) is 8.90. The van der Waals surface area contributed by atoms with Crippen LogP contribution in [-0.2, 0) is 4.74 Å². The van der Waals surface area contributed by atoms with E-state index in [2.05, 4.69) is 17.6 Å². The molecule has 3 nitrogen and oxygen atoms in total. The second kappa shape index (κ2) is 11.9. The lowest BCUT2D eigenvalue weighted by atomic mass is 10.1. The van der Waals surface area contributed by atoms with Gasteiger partial charge < -0.3 is 15.4 Å². The Labute approximate surface area is 113 Å². The van der Waals surface area contributed by atoms with Gasteiger partial charge in [-0.15, -0.1) is 0 Å². The number of morpholine rings is 1. The second-order valence-electron chi connectivity index (χ2n) is 5.38. The van der Waals surface area contributed by atoms with E-state index < -0.39 is 0 Å². The lowest BCUT2D eigenvalue weighted by molar-refractivity contribution is 0.0293. The molecule has 0 aliphatic carbocycles. The van der Waals surface area contributed by atoms with E-state index in [1.54, 1.807) is 0 Å². The molecule has 0 bridgehead atoms. The summed E-state index contributed by atoms with van der Waals surface area (Å²) in [5, 5.41) is 6.86. The first-order chi connectivity index (χ1) is 8.93. The Hall–Kier alpha value is -0.120. The van der Waals surface area contributed by atoms with Crippen molar-refractivity contribution < 1.29 is 4.74 Å². The normalized spacial score (nSPS) is 20.2. The minimum Gasteiger partial charge on any atom is -0.374 e. The van der Waals surface area contributed by atoms with Crippen molar-refractivity contribution in [2.24, 2.45) is 0 Å². The predicted octanol–water partition coefficient (Wildman–Crippen LogP) is 2.71. The highest BCUT2D eigenvalue weighted by molar-refractivity contribution is 4.69. The van der Waals surface area contributed by atoms with Crippen LogP contribution in [0.25, 0.3) is 0 Å². The zero-order valence-corrected chi connectivity index (χ0v) is 12.2. The van der Waals surface area contributed by atoms with Gasteiger partial charge in [-0.2, -0.15) is 0 Å². The molecule has 1 unspecified atom stereocenters. The van der Waals surface area contributed by atoms with Crippen LogP contribution in [0.4, 0.5) is 0 Å². The molecule has 18 heavy (non-hydrogen) atoms. The van der Waals surface area contributed by atoms with Gasteiger partial charge in [-0.1, -0.05) is 51.9 Å². The van der Waals surface area contributed by atoms with E-state index in [1.807, 2.05) is 0 Å². The molecule has 0 amide bonds. The molecule has 0 saturated carbocycles. The molecule has 3 heteroatoms. The standard InChI is InChI=1S/C15H32N2O/c1-2-3-4-5-6-7-8-9-10-16-13-15-14-17-11-12-18-15/h15-17H,2-14H2,1H3. The van der Waals surface area contributed by atoms with Crippen LogP contribution in [0.2, 0.25) is 0 Å². The van der Waals surface area contributed by atoms with Crippen molar-refractivity contribution >= 4 is 0 Å². The molecule has 1 heterocycles. The lowest BCUT2D eigenvalue weighted by Crippen LogP contribution is -2.44. The van der Waals surface area contributed by atoms with Crippen molar-refractivity contribution in [3.63, 3.8) is 0 Å². The van der Waals surface area contributed by atoms with E-state index >= 15 is 0 Å². The van der Waals surface area contributed by atoms with Crippen LogP contribution in [0.5, 0.6) is 0 Å². The molecule has 1 rings (SSSR count). The molecule has 1 aliphatic rings. The average molecular weight is 256 g/mol. The van der Waals surface area contributed by atoms with Crippen molar-refractivity contribution in [1.29, 1.82) is 0 Å². The molecule has 2 N–H and O–H groups in total. The minimum atomic E-state index is 0.382. The Morgan fingerprint density at radius 3 is 2.44 bits per heavy atom. The maximum absolute atomic E-state index is 5.64. The van der Waals surface area contributed by atoms with Gasteiger partial charge in [0, 0.05) is 19.6 Å². The lowest BCUT2D eigenvalue weighted by Gasteiger charge is -2.23. The number of hydrogen-bond donors (Lipinski definition) is 2. The molecule has 1 aliphatic heterocycles. The minimum absolute atomic E-state index is 0.382. The van der Waals surface area contributed by atoms with E-state index in [4.69, 9.17) is 4.74 Å². The maximum atomic E-state index is 5.64. The molecule has 108 valence electrons. The Kier molecular flexibility index (Phi) is 10.6. The third-order valence-electron chi connectivity index (χ3n) is 3.58. The number of rotatable bonds is 11. The highest BCUT2D eigenvalue weighted by atomic mass is 16.5. The van der Waals surface area contributed by atoms with E-state index in [1.165, 1.54) is 51.4 Å². The van der Waals surface area contributed by atoms with Gasteiger partial charge in [-0.25, -0.2) is 0 Å². The summed E-state index contributed by atoms with van der Waals surface area (Å²) < 4.78 is 5.64. The van der Waals surface area contributed by atoms with Gasteiger partial charge in [-0.3, -0.25) is 0 Å². The summed E-state index contributed by atoms with van der Waals surface area (Å²) in [4.78, 5) is 0. The molecular formula is C15H32N2O. The first-order valence-corrected chi connectivity index (χ1v) is 7.96. The third-order valence-corrected chi connectivity index (χ3v) is 3.58. The van der Waals surface area contributed by atoms with Crippen molar-refractivity contribution in [2.75, 3.05) is 32.8 Å². The summed E-state index contributed by atoms with van der Waals surface area (Å²) in [6.07, 6.45) is 11.5. The fourth-order valence-corrected chi connectivity index (χ4v) is 2.40. The first-order valence-electron chi connectivity index (χ1n) is 7.96. The van der Waals surface area contributed by atoms with Gasteiger partial charge >= 0.3 is 0 Å². The van der Waals surface area contributed by atoms with Gasteiger partial charge in [0.1, 0.15) is 0 Å². The molecule has 0 spiro atoms. The number of nitrogens with one attached hydrogen (secondary N) is 2. The van der Waals surface area contributed by atoms with Gasteiger partial charge in [0.25, 0.3) is 0 Å². The van der Waals surface area contributed by atoms with Crippen LogP contribution in [0.15, 0.2) is 0 Å². The van der Waals surface area contributed by atoms with E-state index in [0.29, 0.717) is 6.10 Å². The van der Waals surface area contributed by atoms with Crippen LogP contribution in [0.3, 0.4) is 0 Å². The van der Waals surface area contributed by atoms with Crippen molar-refractivity contribution in [2.45, 2.75) is 64.4 Å². The van der Waals surface area contributed by atoms with Crippen molar-refractivity contribution in [3.05, 3.63) is 0 Å². The zero-order valence-electron chi connectivity index (χ0n) is 12.2. The Morgan fingerprint density at radius 2 is 1.78 bits per heavy atom. The fraction of sp³-hybridized carbons (Fsp3) is 1.00. The van der Waals surface area contributed by atoms with Crippen LogP contribution < -0.4 is 10.6 Å². The zero-order chi connectivity index (χ0) is 12.9. The van der Waals surface area contributed by atoms with Crippen LogP contribution in [0.1, 0.15) is 58.3 Å². The quantitative estimate of drug-likeness (QED) is 0.558. The van der Waals surface area contributed by atoms with Gasteiger partial charge in [0.15, 0.2) is 0 Å². The smallest absolute Gasteiger partial charge is 0.0824 e. The summed E-state index contributed by atoms with van der Waals surface area (Å²) in [6, 6.07) is 0. The van der Waals surface area contributed by atoms with Crippen LogP contribution in [0, 0.1) is 0 Å². The summed E-state index contributed by atoms with van der Waals surface area (Å²) in [6.45, 7) is 7.30. The fourth-order valence-electron chi connectivity index (χ4n) is 2.40. The topological polar surface area (TPSA) is 33.3 Å². The van der Waals surface area contributed by atoms with Gasteiger partial charge in [0.05, 0.1) is 12.7 Å². The monoisotopic (exact) mass is 256 g/mol. The molecular weight excluding hydrogens is 224 g/mol. The number of hydrogen-bond acceptors (Lipinski definition) is 3. The highest BCUT2D eigenvalue weighted by Gasteiger charge is 2.11. The Morgan fingerprint density at radius 1 is 1.06 bits per heavy atom. The summed E-state index contributed by atoms with van der Waals surface area (Å²) >= 11 is 0. The summed E-state index contributed by atoms with van der Waals surface area (Å²) in [5.74, 6) is 0. The summed E-state index contributed by atoms with van der Waals surface area (Å²) in [5.41, 5.74) is 0. The van der Waals surface area contributed by atoms with Crippen LogP contribution in [-0.4, -0.2) is 38.9 Å². The van der Waals surface area contributed by atoms with Gasteiger partial charge in [0.2, 0.25) is 0 Å². The molecule has 0 aromatic rings. The van der Waals surface area contributed by atoms with Crippen molar-refractivity contribution in [3.8, 4) is 0 Å². The van der Waals surface area contributed by atoms with E-state index in [-0.39, 0.29) is 0 Å². The Balaban J connectivity index is 1.73. The maximum Gasteiger partial charge on any atom is 0.0824 e. The highest BCUT2D eigenvalue weighted by Crippen LogP contribution is 2.07. The van der Waals surface area contributed by atoms with E-state index in [9.17, 15) is 0 Å². The molecule has 0 radical (unpaired) electrons. The largest absolute Gasteiger partial charge is 0.374 e. The second-order valence-corrected chi connectivity index (χ2v) is 5.38. The Bertz CT molecular complexity index is 170. The molecule has 1 fully saturated rings. The molecule has 1 saturated heterocycles. The average Bonchev–Trinajstić information content (AvgIpc) is 2.42. The van der Waals surface area contributed by atoms with Gasteiger partial charge in [-0.05, 0) is 13.0 Å². The number of ether oxygens (including phenoxy) is 1. The molecule has 0 aromatic heterocycles. The van der Waals surface area contributed by atoms with Crippen LogP contribution >= 0.6 is 0 Å². The van der Waals surface area contributed by atoms with E-state index in [0.717, 1.165) is 32.8 Å². The number of unbranched alkanes of at least 4 members (excludes halogenated alkanes) is 7. The van der Waals surface area contributed by atoms with Crippen molar-refractivity contribution in [1.82, 2.24) is 10.6 Å². The SMILES string of the molecule is CCCCCCCCCCNCC1CNCCO1. The molecule has 0 aromatic carbocycles. The first kappa shape index (κ1) is 15.9. The summed E-state index contributed by atoms with van der Waals surface area (Å²) in [7, 11) is 0. The molecule has 1 atom stereocenters. The predicted molar refractivity (Wildman–Crippen MR) is 78.1 cm³/mol.